The lowest BCUT2D eigenvalue weighted by Gasteiger charge is -2.09. The van der Waals surface area contributed by atoms with Gasteiger partial charge < -0.3 is 15.0 Å². The van der Waals surface area contributed by atoms with Crippen molar-refractivity contribution in [2.75, 3.05) is 11.9 Å². The quantitative estimate of drug-likeness (QED) is 0.775. The maximum absolute atomic E-state index is 12.0. The van der Waals surface area contributed by atoms with Gasteiger partial charge in [0.25, 0.3) is 5.91 Å². The number of hydrogen-bond donors (Lipinski definition) is 2. The van der Waals surface area contributed by atoms with Gasteiger partial charge in [0.15, 0.2) is 6.61 Å². The standard InChI is InChI=1S/C19H18N2O3/c1-12-4-3-5-15(8-12)24-11-19(23)20-14-6-7-16-13(2)9-18(22)21-17(16)10-14/h3-10H,11H2,1-2H3,(H,20,23)(H,21,22). The SMILES string of the molecule is Cc1cccc(OCC(=O)Nc2ccc3c(C)cc(=O)[nH]c3c2)c1. The molecule has 0 spiro atoms. The minimum atomic E-state index is -0.258. The lowest BCUT2D eigenvalue weighted by atomic mass is 10.1. The van der Waals surface area contributed by atoms with E-state index in [0.717, 1.165) is 16.5 Å². The number of ether oxygens (including phenoxy) is 1. The molecule has 2 N–H and O–H groups in total. The van der Waals surface area contributed by atoms with Crippen LogP contribution in [0.1, 0.15) is 11.1 Å². The van der Waals surface area contributed by atoms with Gasteiger partial charge in [0.2, 0.25) is 5.56 Å². The summed E-state index contributed by atoms with van der Waals surface area (Å²) in [5, 5.41) is 3.72. The van der Waals surface area contributed by atoms with Crippen LogP contribution in [0.15, 0.2) is 53.3 Å². The number of aromatic amines is 1. The van der Waals surface area contributed by atoms with Crippen LogP contribution in [0.2, 0.25) is 0 Å². The normalized spacial score (nSPS) is 10.6. The van der Waals surface area contributed by atoms with Gasteiger partial charge in [0, 0.05) is 17.1 Å². The molecule has 0 saturated heterocycles. The first-order chi connectivity index (χ1) is 11.5. The summed E-state index contributed by atoms with van der Waals surface area (Å²) in [6.45, 7) is 3.77. The maximum Gasteiger partial charge on any atom is 0.262 e. The van der Waals surface area contributed by atoms with E-state index in [1.165, 1.54) is 0 Å². The number of aryl methyl sites for hydroxylation is 2. The third-order valence-electron chi connectivity index (χ3n) is 3.69. The Kier molecular flexibility index (Phi) is 4.33. The van der Waals surface area contributed by atoms with Crippen LogP contribution in [0.3, 0.4) is 0 Å². The lowest BCUT2D eigenvalue weighted by molar-refractivity contribution is -0.118. The fourth-order valence-electron chi connectivity index (χ4n) is 2.56. The van der Waals surface area contributed by atoms with Gasteiger partial charge >= 0.3 is 0 Å². The van der Waals surface area contributed by atoms with Gasteiger partial charge in [-0.05, 0) is 49.2 Å². The van der Waals surface area contributed by atoms with Crippen molar-refractivity contribution in [1.29, 1.82) is 0 Å². The van der Waals surface area contributed by atoms with Crippen LogP contribution < -0.4 is 15.6 Å². The number of H-pyrrole nitrogens is 1. The number of carbonyl (C=O) groups excluding carboxylic acids is 1. The van der Waals surface area contributed by atoms with Crippen molar-refractivity contribution in [2.24, 2.45) is 0 Å². The highest BCUT2D eigenvalue weighted by Crippen LogP contribution is 2.19. The molecule has 24 heavy (non-hydrogen) atoms. The highest BCUT2D eigenvalue weighted by Gasteiger charge is 2.06. The molecule has 5 heteroatoms. The summed E-state index contributed by atoms with van der Waals surface area (Å²) < 4.78 is 5.48. The predicted octanol–water partition coefficient (Wildman–Crippen LogP) is 3.16. The van der Waals surface area contributed by atoms with Crippen molar-refractivity contribution in [3.63, 3.8) is 0 Å². The highest BCUT2D eigenvalue weighted by molar-refractivity contribution is 5.94. The molecule has 0 unspecified atom stereocenters. The van der Waals surface area contributed by atoms with E-state index in [1.807, 2.05) is 44.2 Å². The van der Waals surface area contributed by atoms with Crippen molar-refractivity contribution in [3.8, 4) is 5.75 Å². The van der Waals surface area contributed by atoms with Crippen molar-refractivity contribution in [2.45, 2.75) is 13.8 Å². The van der Waals surface area contributed by atoms with Gasteiger partial charge in [-0.25, -0.2) is 0 Å². The van der Waals surface area contributed by atoms with E-state index in [2.05, 4.69) is 10.3 Å². The Balaban J connectivity index is 1.70. The Hall–Kier alpha value is -3.08. The second-order valence-corrected chi connectivity index (χ2v) is 5.73. The van der Waals surface area contributed by atoms with Gasteiger partial charge in [0.05, 0.1) is 5.52 Å². The largest absolute Gasteiger partial charge is 0.484 e. The first-order valence-electron chi connectivity index (χ1n) is 7.64. The molecule has 0 atom stereocenters. The number of benzene rings is 2. The summed E-state index contributed by atoms with van der Waals surface area (Å²) in [5.41, 5.74) is 3.11. The van der Waals surface area contributed by atoms with E-state index in [4.69, 9.17) is 4.74 Å². The van der Waals surface area contributed by atoms with Crippen LogP contribution in [0.5, 0.6) is 5.75 Å². The van der Waals surface area contributed by atoms with Gasteiger partial charge in [-0.3, -0.25) is 9.59 Å². The van der Waals surface area contributed by atoms with Crippen LogP contribution in [0.4, 0.5) is 5.69 Å². The van der Waals surface area contributed by atoms with E-state index in [9.17, 15) is 9.59 Å². The molecule has 0 fully saturated rings. The second kappa shape index (κ2) is 6.58. The second-order valence-electron chi connectivity index (χ2n) is 5.73. The summed E-state index contributed by atoms with van der Waals surface area (Å²) in [5.74, 6) is 0.398. The molecule has 0 radical (unpaired) electrons. The maximum atomic E-state index is 12.0. The van der Waals surface area contributed by atoms with Crippen LogP contribution in [0, 0.1) is 13.8 Å². The molecule has 3 rings (SSSR count). The van der Waals surface area contributed by atoms with Gasteiger partial charge in [-0.1, -0.05) is 18.2 Å². The molecule has 3 aromatic rings. The number of fused-ring (bicyclic) bond motifs is 1. The van der Waals surface area contributed by atoms with Crippen LogP contribution >= 0.6 is 0 Å². The average Bonchev–Trinajstić information content (AvgIpc) is 2.52. The van der Waals surface area contributed by atoms with E-state index < -0.39 is 0 Å². The molecule has 1 heterocycles. The zero-order chi connectivity index (χ0) is 17.1. The minimum absolute atomic E-state index is 0.0776. The Morgan fingerprint density at radius 2 is 1.96 bits per heavy atom. The zero-order valence-electron chi connectivity index (χ0n) is 13.6. The summed E-state index contributed by atoms with van der Waals surface area (Å²) in [6.07, 6.45) is 0. The Labute approximate surface area is 139 Å². The number of pyridine rings is 1. The Morgan fingerprint density at radius 3 is 2.75 bits per heavy atom. The average molecular weight is 322 g/mol. The van der Waals surface area contributed by atoms with Crippen LogP contribution in [0.25, 0.3) is 10.9 Å². The summed E-state index contributed by atoms with van der Waals surface area (Å²) >= 11 is 0. The monoisotopic (exact) mass is 322 g/mol. The molecular formula is C19H18N2O3. The van der Waals surface area contributed by atoms with Crippen molar-refractivity contribution in [3.05, 3.63) is 70.0 Å². The first-order valence-corrected chi connectivity index (χ1v) is 7.64. The van der Waals surface area contributed by atoms with Crippen LogP contribution in [-0.4, -0.2) is 17.5 Å². The highest BCUT2D eigenvalue weighted by atomic mass is 16.5. The molecule has 0 aliphatic heterocycles. The van der Waals surface area contributed by atoms with E-state index in [0.29, 0.717) is 17.0 Å². The molecule has 122 valence electrons. The van der Waals surface area contributed by atoms with Gasteiger partial charge in [-0.2, -0.15) is 0 Å². The third-order valence-corrected chi connectivity index (χ3v) is 3.69. The molecule has 1 amide bonds. The van der Waals surface area contributed by atoms with Crippen molar-refractivity contribution >= 4 is 22.5 Å². The Bertz CT molecular complexity index is 960. The van der Waals surface area contributed by atoms with E-state index >= 15 is 0 Å². The summed E-state index contributed by atoms with van der Waals surface area (Å²) in [4.78, 5) is 26.4. The molecule has 0 aliphatic rings. The third kappa shape index (κ3) is 3.63. The number of nitrogens with one attached hydrogen (secondary N) is 2. The number of amides is 1. The Morgan fingerprint density at radius 1 is 1.12 bits per heavy atom. The molecule has 2 aromatic carbocycles. The van der Waals surface area contributed by atoms with Crippen LogP contribution in [-0.2, 0) is 4.79 Å². The molecule has 0 aliphatic carbocycles. The van der Waals surface area contributed by atoms with Gasteiger partial charge in [0.1, 0.15) is 5.75 Å². The number of aromatic nitrogens is 1. The molecule has 0 bridgehead atoms. The molecule has 1 aromatic heterocycles. The fourth-order valence-corrected chi connectivity index (χ4v) is 2.56. The summed E-state index contributed by atoms with van der Waals surface area (Å²) in [7, 11) is 0. The first kappa shape index (κ1) is 15.8. The number of carbonyl (C=O) groups is 1. The topological polar surface area (TPSA) is 71.2 Å². The molecule has 0 saturated carbocycles. The zero-order valence-corrected chi connectivity index (χ0v) is 13.6. The lowest BCUT2D eigenvalue weighted by Crippen LogP contribution is -2.20. The molecule has 5 nitrogen and oxygen atoms in total. The fraction of sp³-hybridized carbons (Fsp3) is 0.158. The van der Waals surface area contributed by atoms with Crippen molar-refractivity contribution < 1.29 is 9.53 Å². The van der Waals surface area contributed by atoms with E-state index in [-0.39, 0.29) is 18.1 Å². The number of hydrogen-bond acceptors (Lipinski definition) is 3. The number of anilines is 1. The minimum Gasteiger partial charge on any atom is -0.484 e. The van der Waals surface area contributed by atoms with E-state index in [1.54, 1.807) is 18.2 Å². The van der Waals surface area contributed by atoms with Gasteiger partial charge in [-0.15, -0.1) is 0 Å². The molecular weight excluding hydrogens is 304 g/mol. The smallest absolute Gasteiger partial charge is 0.262 e. The predicted molar refractivity (Wildman–Crippen MR) is 94.6 cm³/mol. The van der Waals surface area contributed by atoms with Crippen molar-refractivity contribution in [1.82, 2.24) is 4.98 Å². The number of rotatable bonds is 4. The summed E-state index contributed by atoms with van der Waals surface area (Å²) in [6, 6.07) is 14.5.